The highest BCUT2D eigenvalue weighted by Crippen LogP contribution is 2.26. The molecule has 2 N–H and O–H groups in total. The van der Waals surface area contributed by atoms with Gasteiger partial charge in [-0.2, -0.15) is 11.8 Å². The Morgan fingerprint density at radius 2 is 1.89 bits per heavy atom. The number of nitrogen functional groups attached to an aromatic ring is 1. The number of imidazole rings is 1. The van der Waals surface area contributed by atoms with Crippen molar-refractivity contribution in [2.45, 2.75) is 37.5 Å². The topological polar surface area (TPSA) is 43.8 Å². The molecule has 3 nitrogen and oxygen atoms in total. The maximum absolute atomic E-state index is 6.35. The molecule has 1 atom stereocenters. The van der Waals surface area contributed by atoms with E-state index in [1.807, 2.05) is 60.8 Å². The van der Waals surface area contributed by atoms with Gasteiger partial charge in [0.25, 0.3) is 0 Å². The van der Waals surface area contributed by atoms with Crippen LogP contribution in [-0.2, 0) is 19.4 Å². The summed E-state index contributed by atoms with van der Waals surface area (Å²) in [7, 11) is 0. The lowest BCUT2D eigenvalue weighted by Gasteiger charge is -2.18. The molecule has 1 heterocycles. The van der Waals surface area contributed by atoms with Gasteiger partial charge in [-0.15, -0.1) is 0 Å². The van der Waals surface area contributed by atoms with Gasteiger partial charge in [-0.1, -0.05) is 41.4 Å². The van der Waals surface area contributed by atoms with Crippen LogP contribution in [0.15, 0.2) is 61.2 Å². The Hall–Kier alpha value is -1.62. The lowest BCUT2D eigenvalue weighted by molar-refractivity contribution is 0.623. The molecule has 3 rings (SSSR count). The van der Waals surface area contributed by atoms with Gasteiger partial charge in [0.1, 0.15) is 0 Å². The van der Waals surface area contributed by atoms with Crippen molar-refractivity contribution in [1.82, 2.24) is 9.55 Å². The highest BCUT2D eigenvalue weighted by atomic mass is 35.5. The van der Waals surface area contributed by atoms with E-state index in [1.165, 1.54) is 5.56 Å². The van der Waals surface area contributed by atoms with E-state index in [0.29, 0.717) is 10.3 Å². The Labute approximate surface area is 181 Å². The minimum absolute atomic E-state index is 0.507. The standard InChI is InChI=1S/C22H25Cl2N3S/c23-19-7-5-18(22(24)14-19)6-10-21(15-27-12-11-26-16-27)28-13-1-2-17-3-8-20(25)9-4-17/h3-5,7-9,11-12,14,16,21H,1-2,6,10,13,15,25H2. The molecular formula is C22H25Cl2N3S. The van der Waals surface area contributed by atoms with Crippen LogP contribution in [0.2, 0.25) is 10.0 Å². The monoisotopic (exact) mass is 433 g/mol. The van der Waals surface area contributed by atoms with Crippen LogP contribution in [0.25, 0.3) is 0 Å². The van der Waals surface area contributed by atoms with Crippen molar-refractivity contribution in [3.8, 4) is 0 Å². The number of nitrogens with zero attached hydrogens (tertiary/aromatic N) is 2. The number of hydrogen-bond donors (Lipinski definition) is 1. The van der Waals surface area contributed by atoms with Crippen molar-refractivity contribution in [3.63, 3.8) is 0 Å². The van der Waals surface area contributed by atoms with Crippen LogP contribution in [0.1, 0.15) is 24.0 Å². The van der Waals surface area contributed by atoms with Crippen LogP contribution in [0, 0.1) is 0 Å². The van der Waals surface area contributed by atoms with Gasteiger partial charge in [0, 0.05) is 39.9 Å². The first-order valence-electron chi connectivity index (χ1n) is 9.46. The molecule has 1 aromatic heterocycles. The number of thioether (sulfide) groups is 1. The fourth-order valence-electron chi connectivity index (χ4n) is 3.11. The molecule has 3 aromatic rings. The van der Waals surface area contributed by atoms with Crippen molar-refractivity contribution in [2.24, 2.45) is 0 Å². The predicted molar refractivity (Wildman–Crippen MR) is 122 cm³/mol. The van der Waals surface area contributed by atoms with Crippen LogP contribution in [0.4, 0.5) is 5.69 Å². The number of hydrogen-bond acceptors (Lipinski definition) is 3. The summed E-state index contributed by atoms with van der Waals surface area (Å²) in [5.41, 5.74) is 9.07. The van der Waals surface area contributed by atoms with E-state index in [4.69, 9.17) is 28.9 Å². The van der Waals surface area contributed by atoms with E-state index in [1.54, 1.807) is 0 Å². The van der Waals surface area contributed by atoms with Gasteiger partial charge in [0.15, 0.2) is 0 Å². The summed E-state index contributed by atoms with van der Waals surface area (Å²) in [6.45, 7) is 0.956. The summed E-state index contributed by atoms with van der Waals surface area (Å²) in [5.74, 6) is 1.12. The molecule has 6 heteroatoms. The first-order chi connectivity index (χ1) is 13.6. The molecule has 0 fully saturated rings. The van der Waals surface area contributed by atoms with Crippen molar-refractivity contribution in [3.05, 3.63) is 82.4 Å². The normalized spacial score (nSPS) is 12.2. The SMILES string of the molecule is Nc1ccc(CCCSC(CCc2ccc(Cl)cc2Cl)Cn2ccnc2)cc1. The van der Waals surface area contributed by atoms with Gasteiger partial charge in [0.2, 0.25) is 0 Å². The van der Waals surface area contributed by atoms with E-state index < -0.39 is 0 Å². The number of aromatic nitrogens is 2. The molecule has 28 heavy (non-hydrogen) atoms. The summed E-state index contributed by atoms with van der Waals surface area (Å²) in [5, 5.41) is 1.94. The molecule has 0 radical (unpaired) electrons. The van der Waals surface area contributed by atoms with E-state index in [0.717, 1.165) is 54.3 Å². The summed E-state index contributed by atoms with van der Waals surface area (Å²) < 4.78 is 2.15. The molecule has 0 spiro atoms. The average Bonchev–Trinajstić information content (AvgIpc) is 3.18. The van der Waals surface area contributed by atoms with Gasteiger partial charge in [-0.25, -0.2) is 4.98 Å². The highest BCUT2D eigenvalue weighted by molar-refractivity contribution is 7.99. The molecule has 2 aromatic carbocycles. The summed E-state index contributed by atoms with van der Waals surface area (Å²) >= 11 is 14.4. The first kappa shape index (κ1) is 21.1. The van der Waals surface area contributed by atoms with Gasteiger partial charge in [-0.3, -0.25) is 0 Å². The molecule has 1 unspecified atom stereocenters. The zero-order chi connectivity index (χ0) is 19.8. The average molecular weight is 434 g/mol. The summed E-state index contributed by atoms with van der Waals surface area (Å²) in [6.07, 6.45) is 9.98. The molecule has 148 valence electrons. The van der Waals surface area contributed by atoms with E-state index >= 15 is 0 Å². The van der Waals surface area contributed by atoms with Gasteiger partial charge in [-0.05, 0) is 66.8 Å². The molecule has 0 aliphatic rings. The van der Waals surface area contributed by atoms with Gasteiger partial charge < -0.3 is 10.3 Å². The van der Waals surface area contributed by atoms with Crippen molar-refractivity contribution in [1.29, 1.82) is 0 Å². The Kier molecular flexibility index (Phi) is 8.13. The van der Waals surface area contributed by atoms with Gasteiger partial charge >= 0.3 is 0 Å². The quantitative estimate of drug-likeness (QED) is 0.308. The second-order valence-electron chi connectivity index (χ2n) is 6.87. The zero-order valence-electron chi connectivity index (χ0n) is 15.7. The van der Waals surface area contributed by atoms with Gasteiger partial charge in [0.05, 0.1) is 6.33 Å². The van der Waals surface area contributed by atoms with Crippen LogP contribution >= 0.6 is 35.0 Å². The summed E-state index contributed by atoms with van der Waals surface area (Å²) in [6, 6.07) is 13.9. The predicted octanol–water partition coefficient (Wildman–Crippen LogP) is 6.14. The lowest BCUT2D eigenvalue weighted by atomic mass is 10.1. The third kappa shape index (κ3) is 6.77. The molecule has 0 bridgehead atoms. The summed E-state index contributed by atoms with van der Waals surface area (Å²) in [4.78, 5) is 4.17. The fourth-order valence-corrected chi connectivity index (χ4v) is 4.82. The first-order valence-corrected chi connectivity index (χ1v) is 11.3. The van der Waals surface area contributed by atoms with Crippen molar-refractivity contribution in [2.75, 3.05) is 11.5 Å². The Morgan fingerprint density at radius 3 is 2.61 bits per heavy atom. The second-order valence-corrected chi connectivity index (χ2v) is 9.12. The van der Waals surface area contributed by atoms with E-state index in [2.05, 4.69) is 21.7 Å². The number of anilines is 1. The third-order valence-electron chi connectivity index (χ3n) is 4.67. The van der Waals surface area contributed by atoms with Crippen LogP contribution in [-0.4, -0.2) is 20.6 Å². The Bertz CT molecular complexity index is 851. The van der Waals surface area contributed by atoms with Crippen molar-refractivity contribution >= 4 is 40.7 Å². The number of benzene rings is 2. The number of rotatable bonds is 10. The number of nitrogens with two attached hydrogens (primary N) is 1. The minimum atomic E-state index is 0.507. The molecule has 0 amide bonds. The third-order valence-corrected chi connectivity index (χ3v) is 6.63. The number of aryl methyl sites for hydroxylation is 2. The lowest BCUT2D eigenvalue weighted by Crippen LogP contribution is -2.14. The highest BCUT2D eigenvalue weighted by Gasteiger charge is 2.12. The maximum atomic E-state index is 6.35. The molecular weight excluding hydrogens is 409 g/mol. The largest absolute Gasteiger partial charge is 0.399 e. The Balaban J connectivity index is 1.51. The molecule has 0 aliphatic carbocycles. The van der Waals surface area contributed by atoms with E-state index in [9.17, 15) is 0 Å². The minimum Gasteiger partial charge on any atom is -0.399 e. The van der Waals surface area contributed by atoms with Crippen LogP contribution < -0.4 is 5.73 Å². The maximum Gasteiger partial charge on any atom is 0.0946 e. The van der Waals surface area contributed by atoms with Crippen LogP contribution in [0.5, 0.6) is 0 Å². The van der Waals surface area contributed by atoms with Crippen LogP contribution in [0.3, 0.4) is 0 Å². The molecule has 0 saturated heterocycles. The molecule has 0 aliphatic heterocycles. The smallest absolute Gasteiger partial charge is 0.0946 e. The number of halogens is 2. The zero-order valence-corrected chi connectivity index (χ0v) is 18.1. The van der Waals surface area contributed by atoms with E-state index in [-0.39, 0.29) is 0 Å². The molecule has 0 saturated carbocycles. The van der Waals surface area contributed by atoms with Crippen molar-refractivity contribution < 1.29 is 0 Å². The Morgan fingerprint density at radius 1 is 1.07 bits per heavy atom. The second kappa shape index (κ2) is 10.8. The fraction of sp³-hybridized carbons (Fsp3) is 0.318.